The van der Waals surface area contributed by atoms with Crippen molar-refractivity contribution in [2.24, 2.45) is 0 Å². The van der Waals surface area contributed by atoms with Crippen molar-refractivity contribution in [1.29, 1.82) is 0 Å². The summed E-state index contributed by atoms with van der Waals surface area (Å²) in [4.78, 5) is 19.7. The monoisotopic (exact) mass is 354 g/mol. The lowest BCUT2D eigenvalue weighted by atomic mass is 10.1. The van der Waals surface area contributed by atoms with Crippen molar-refractivity contribution < 1.29 is 15.0 Å². The molecule has 0 heterocycles. The van der Waals surface area contributed by atoms with Gasteiger partial charge in [-0.05, 0) is 38.8 Å². The minimum absolute atomic E-state index is 0.0160. The Morgan fingerprint density at radius 1 is 1.06 bits per heavy atom. The Hall–Kier alpha value is -1.22. The standard InChI is InChI=1S/C7H4Br2N2O5/c1-2-5(10(13)14)6(11(15)16)3(8)4(9)7(2)12/h12H,1H3. The number of benzene rings is 1. The molecule has 1 aromatic carbocycles. The van der Waals surface area contributed by atoms with Crippen LogP contribution < -0.4 is 0 Å². The van der Waals surface area contributed by atoms with Crippen molar-refractivity contribution in [2.75, 3.05) is 0 Å². The number of phenols is 1. The Bertz CT molecular complexity index is 457. The van der Waals surface area contributed by atoms with Gasteiger partial charge in [-0.3, -0.25) is 20.2 Å². The highest BCUT2D eigenvalue weighted by molar-refractivity contribution is 9.13. The largest absolute Gasteiger partial charge is 0.506 e. The molecule has 86 valence electrons. The molecule has 0 aliphatic heterocycles. The zero-order valence-corrected chi connectivity index (χ0v) is 10.9. The molecule has 0 amide bonds. The summed E-state index contributed by atoms with van der Waals surface area (Å²) < 4.78 is -0.144. The number of hydrogen-bond acceptors (Lipinski definition) is 5. The van der Waals surface area contributed by atoms with Crippen LogP contribution in [0, 0.1) is 27.2 Å². The molecule has 0 spiro atoms. The summed E-state index contributed by atoms with van der Waals surface area (Å²) in [6.45, 7) is 1.23. The Labute approximate surface area is 106 Å². The summed E-state index contributed by atoms with van der Waals surface area (Å²) in [6.07, 6.45) is 0. The molecular formula is C7H4Br2N2O5. The molecule has 0 bridgehead atoms. The number of aromatic hydroxyl groups is 1. The maximum Gasteiger partial charge on any atom is 0.361 e. The molecule has 0 saturated carbocycles. The second-order valence-corrected chi connectivity index (χ2v) is 4.40. The lowest BCUT2D eigenvalue weighted by Gasteiger charge is -2.06. The van der Waals surface area contributed by atoms with Gasteiger partial charge in [-0.25, -0.2) is 0 Å². The van der Waals surface area contributed by atoms with Crippen molar-refractivity contribution in [3.05, 3.63) is 34.7 Å². The molecule has 0 aromatic heterocycles. The Morgan fingerprint density at radius 3 is 1.88 bits per heavy atom. The van der Waals surface area contributed by atoms with E-state index in [2.05, 4.69) is 31.9 Å². The fourth-order valence-electron chi connectivity index (χ4n) is 1.16. The molecule has 0 aliphatic carbocycles. The number of halogens is 2. The summed E-state index contributed by atoms with van der Waals surface area (Å²) in [5.74, 6) is -0.399. The first-order valence-corrected chi connectivity index (χ1v) is 5.37. The van der Waals surface area contributed by atoms with Crippen LogP contribution in [-0.2, 0) is 0 Å². The van der Waals surface area contributed by atoms with Gasteiger partial charge in [0.1, 0.15) is 10.2 Å². The molecule has 0 fully saturated rings. The van der Waals surface area contributed by atoms with Gasteiger partial charge in [-0.1, -0.05) is 0 Å². The predicted octanol–water partition coefficient (Wildman–Crippen LogP) is 3.04. The van der Waals surface area contributed by atoms with E-state index >= 15 is 0 Å². The maximum atomic E-state index is 10.7. The van der Waals surface area contributed by atoms with Crippen LogP contribution in [0.3, 0.4) is 0 Å². The van der Waals surface area contributed by atoms with Crippen LogP contribution in [0.1, 0.15) is 5.56 Å². The molecule has 0 radical (unpaired) electrons. The normalized spacial score (nSPS) is 10.2. The Balaban J connectivity index is 3.83. The molecule has 0 saturated heterocycles. The van der Waals surface area contributed by atoms with Gasteiger partial charge in [0.05, 0.1) is 19.9 Å². The van der Waals surface area contributed by atoms with E-state index in [1.54, 1.807) is 0 Å². The fraction of sp³-hybridized carbons (Fsp3) is 0.143. The fourth-order valence-corrected chi connectivity index (χ4v) is 2.16. The quantitative estimate of drug-likeness (QED) is 0.648. The minimum Gasteiger partial charge on any atom is -0.506 e. The summed E-state index contributed by atoms with van der Waals surface area (Å²) in [6, 6.07) is 0. The molecule has 7 nitrogen and oxygen atoms in total. The second kappa shape index (κ2) is 4.34. The number of phenolic OH excluding ortho intramolecular Hbond substituents is 1. The molecule has 0 aliphatic rings. The van der Waals surface area contributed by atoms with Crippen LogP contribution >= 0.6 is 31.9 Å². The Morgan fingerprint density at radius 2 is 1.50 bits per heavy atom. The number of rotatable bonds is 2. The Kier molecular flexibility index (Phi) is 3.48. The average molecular weight is 356 g/mol. The highest BCUT2D eigenvalue weighted by Gasteiger charge is 2.35. The molecule has 1 rings (SSSR count). The van der Waals surface area contributed by atoms with E-state index in [0.29, 0.717) is 0 Å². The first-order chi connectivity index (χ1) is 7.29. The number of hydrogen-bond donors (Lipinski definition) is 1. The van der Waals surface area contributed by atoms with E-state index in [4.69, 9.17) is 0 Å². The van der Waals surface area contributed by atoms with Crippen LogP contribution in [0.5, 0.6) is 5.75 Å². The SMILES string of the molecule is Cc1c(O)c(Br)c(Br)c([N+](=O)[O-])c1[N+](=O)[O-]. The third-order valence-corrected chi connectivity index (χ3v) is 3.98. The van der Waals surface area contributed by atoms with E-state index in [1.807, 2.05) is 0 Å². The van der Waals surface area contributed by atoms with Crippen molar-refractivity contribution in [1.82, 2.24) is 0 Å². The van der Waals surface area contributed by atoms with Crippen LogP contribution in [-0.4, -0.2) is 15.0 Å². The first kappa shape index (κ1) is 12.8. The van der Waals surface area contributed by atoms with Gasteiger partial charge in [-0.15, -0.1) is 0 Å². The smallest absolute Gasteiger partial charge is 0.361 e. The third kappa shape index (κ3) is 1.87. The van der Waals surface area contributed by atoms with Gasteiger partial charge >= 0.3 is 11.4 Å². The van der Waals surface area contributed by atoms with Crippen molar-refractivity contribution in [3.8, 4) is 5.75 Å². The van der Waals surface area contributed by atoms with Crippen LogP contribution in [0.25, 0.3) is 0 Å². The van der Waals surface area contributed by atoms with E-state index < -0.39 is 27.0 Å². The number of nitro benzene ring substituents is 2. The van der Waals surface area contributed by atoms with Crippen LogP contribution in [0.4, 0.5) is 11.4 Å². The zero-order valence-electron chi connectivity index (χ0n) is 7.73. The van der Waals surface area contributed by atoms with E-state index in [-0.39, 0.29) is 14.5 Å². The van der Waals surface area contributed by atoms with E-state index in [1.165, 1.54) is 6.92 Å². The third-order valence-electron chi connectivity index (χ3n) is 1.91. The van der Waals surface area contributed by atoms with Gasteiger partial charge in [0.15, 0.2) is 0 Å². The summed E-state index contributed by atoms with van der Waals surface area (Å²) in [5, 5.41) is 31.0. The molecule has 16 heavy (non-hydrogen) atoms. The maximum absolute atomic E-state index is 10.7. The second-order valence-electron chi connectivity index (χ2n) is 2.81. The summed E-state index contributed by atoms with van der Waals surface area (Å²) in [5.41, 5.74) is -1.57. The number of nitro groups is 2. The van der Waals surface area contributed by atoms with Gasteiger partial charge < -0.3 is 5.11 Å². The van der Waals surface area contributed by atoms with Crippen LogP contribution in [0.15, 0.2) is 8.95 Å². The topological polar surface area (TPSA) is 107 Å². The van der Waals surface area contributed by atoms with Crippen molar-refractivity contribution in [2.45, 2.75) is 6.92 Å². The summed E-state index contributed by atoms with van der Waals surface area (Å²) >= 11 is 5.74. The predicted molar refractivity (Wildman–Crippen MR) is 61.6 cm³/mol. The van der Waals surface area contributed by atoms with Gasteiger partial charge in [0.2, 0.25) is 0 Å². The van der Waals surface area contributed by atoms with Crippen LogP contribution in [0.2, 0.25) is 0 Å². The average Bonchev–Trinajstić information content (AvgIpc) is 2.18. The minimum atomic E-state index is -0.898. The molecule has 1 aromatic rings. The lowest BCUT2D eigenvalue weighted by molar-refractivity contribution is -0.423. The molecule has 0 unspecified atom stereocenters. The molecule has 1 N–H and O–H groups in total. The first-order valence-electron chi connectivity index (χ1n) is 3.78. The number of nitrogens with zero attached hydrogens (tertiary/aromatic N) is 2. The lowest BCUT2D eigenvalue weighted by Crippen LogP contribution is -2.01. The van der Waals surface area contributed by atoms with Crippen molar-refractivity contribution in [3.63, 3.8) is 0 Å². The van der Waals surface area contributed by atoms with Gasteiger partial charge in [0.25, 0.3) is 0 Å². The summed E-state index contributed by atoms with van der Waals surface area (Å²) in [7, 11) is 0. The van der Waals surface area contributed by atoms with Gasteiger partial charge in [0, 0.05) is 0 Å². The van der Waals surface area contributed by atoms with E-state index in [0.717, 1.165) is 0 Å². The molecular weight excluding hydrogens is 352 g/mol. The van der Waals surface area contributed by atoms with Crippen molar-refractivity contribution >= 4 is 43.2 Å². The highest BCUT2D eigenvalue weighted by atomic mass is 79.9. The molecule has 0 atom stereocenters. The van der Waals surface area contributed by atoms with Gasteiger partial charge in [-0.2, -0.15) is 0 Å². The van der Waals surface area contributed by atoms with E-state index in [9.17, 15) is 25.3 Å². The molecule has 9 heteroatoms. The zero-order chi connectivity index (χ0) is 12.6. The highest BCUT2D eigenvalue weighted by Crippen LogP contribution is 2.47.